The summed E-state index contributed by atoms with van der Waals surface area (Å²) in [6.07, 6.45) is 3.18. The van der Waals surface area contributed by atoms with Gasteiger partial charge < -0.3 is 16.0 Å². The zero-order valence-corrected chi connectivity index (χ0v) is 18.1. The van der Waals surface area contributed by atoms with Gasteiger partial charge in [-0.2, -0.15) is 11.3 Å². The van der Waals surface area contributed by atoms with Crippen molar-refractivity contribution in [1.82, 2.24) is 15.0 Å². The summed E-state index contributed by atoms with van der Waals surface area (Å²) in [6, 6.07) is 13.7. The Kier molecular flexibility index (Phi) is 5.30. The predicted molar refractivity (Wildman–Crippen MR) is 131 cm³/mol. The third-order valence-corrected chi connectivity index (χ3v) is 5.86. The van der Waals surface area contributed by atoms with Crippen LogP contribution in [0.3, 0.4) is 0 Å². The van der Waals surface area contributed by atoms with Gasteiger partial charge in [-0.3, -0.25) is 14.6 Å². The standard InChI is InChI=1S/C25H17N5O2S/c26-21(31)7-5-16-12-29-25(32)22-20-11-15(17-8-10-33-14-17)4-6-19(20)24(30-23(16)22)28-13-18-3-1-2-9-27-18/h1-4,6,8-12,14H,13H2,(H2,26,31)(H,28,30)(H,29,32). The summed E-state index contributed by atoms with van der Waals surface area (Å²) >= 11 is 1.61. The van der Waals surface area contributed by atoms with Crippen LogP contribution in [-0.4, -0.2) is 20.9 Å². The lowest BCUT2D eigenvalue weighted by atomic mass is 10.00. The molecule has 4 aromatic heterocycles. The molecule has 7 nitrogen and oxygen atoms in total. The number of primary amides is 1. The lowest BCUT2D eigenvalue weighted by molar-refractivity contribution is -0.112. The molecule has 0 spiro atoms. The highest BCUT2D eigenvalue weighted by molar-refractivity contribution is 7.08. The number of benzene rings is 1. The van der Waals surface area contributed by atoms with E-state index in [1.807, 2.05) is 47.8 Å². The van der Waals surface area contributed by atoms with Gasteiger partial charge in [-0.05, 0) is 46.2 Å². The molecule has 4 heterocycles. The molecule has 5 rings (SSSR count). The van der Waals surface area contributed by atoms with Crippen molar-refractivity contribution in [3.8, 4) is 23.0 Å². The number of aromatic amines is 1. The maximum absolute atomic E-state index is 12.9. The molecule has 4 N–H and O–H groups in total. The number of carbonyl (C=O) groups is 1. The number of hydrogen-bond acceptors (Lipinski definition) is 6. The van der Waals surface area contributed by atoms with Crippen LogP contribution in [0.2, 0.25) is 0 Å². The molecule has 0 fully saturated rings. The molecule has 0 aliphatic heterocycles. The number of pyridine rings is 3. The van der Waals surface area contributed by atoms with Gasteiger partial charge in [0, 0.05) is 29.1 Å². The first-order valence-corrected chi connectivity index (χ1v) is 11.0. The highest BCUT2D eigenvalue weighted by Crippen LogP contribution is 2.33. The Balaban J connectivity index is 1.77. The van der Waals surface area contributed by atoms with Gasteiger partial charge in [0.1, 0.15) is 5.82 Å². The Morgan fingerprint density at radius 1 is 1.15 bits per heavy atom. The Hall–Kier alpha value is -4.48. The predicted octanol–water partition coefficient (Wildman–Crippen LogP) is 3.65. The van der Waals surface area contributed by atoms with E-state index in [0.29, 0.717) is 28.8 Å². The number of rotatable bonds is 4. The van der Waals surface area contributed by atoms with Crippen LogP contribution in [0.15, 0.2) is 70.4 Å². The van der Waals surface area contributed by atoms with E-state index < -0.39 is 5.91 Å². The van der Waals surface area contributed by atoms with E-state index >= 15 is 0 Å². The van der Waals surface area contributed by atoms with Crippen molar-refractivity contribution in [2.45, 2.75) is 6.54 Å². The molecule has 8 heteroatoms. The highest BCUT2D eigenvalue weighted by Gasteiger charge is 2.15. The number of anilines is 1. The first kappa shape index (κ1) is 20.4. The first-order valence-electron chi connectivity index (χ1n) is 10.1. The molecule has 0 unspecified atom stereocenters. The fourth-order valence-electron chi connectivity index (χ4n) is 3.66. The molecule has 160 valence electrons. The summed E-state index contributed by atoms with van der Waals surface area (Å²) < 4.78 is 0. The monoisotopic (exact) mass is 451 g/mol. The van der Waals surface area contributed by atoms with Gasteiger partial charge in [0.2, 0.25) is 0 Å². The Labute approximate surface area is 192 Å². The molecule has 0 saturated heterocycles. The molecule has 0 aliphatic rings. The van der Waals surface area contributed by atoms with Crippen LogP contribution in [0.4, 0.5) is 5.82 Å². The van der Waals surface area contributed by atoms with E-state index in [9.17, 15) is 9.59 Å². The second-order valence-electron chi connectivity index (χ2n) is 7.28. The number of amides is 1. The molecule has 0 atom stereocenters. The topological polar surface area (TPSA) is 114 Å². The summed E-state index contributed by atoms with van der Waals surface area (Å²) in [5.74, 6) is 4.89. The van der Waals surface area contributed by atoms with Gasteiger partial charge in [0.05, 0.1) is 28.7 Å². The molecule has 1 amide bonds. The number of fused-ring (bicyclic) bond motifs is 3. The number of carbonyl (C=O) groups excluding carboxylic acids is 1. The van der Waals surface area contributed by atoms with Crippen LogP contribution in [0.1, 0.15) is 11.3 Å². The van der Waals surface area contributed by atoms with Crippen LogP contribution >= 0.6 is 11.3 Å². The van der Waals surface area contributed by atoms with E-state index in [-0.39, 0.29) is 5.56 Å². The minimum atomic E-state index is -0.761. The molecule has 1 aromatic carbocycles. The van der Waals surface area contributed by atoms with Crippen molar-refractivity contribution in [2.75, 3.05) is 5.32 Å². The number of nitrogens with zero attached hydrogens (tertiary/aromatic N) is 2. The SMILES string of the molecule is NC(=O)C#Cc1c[nH]c(=O)c2c1nc(NCc1ccccn1)c1ccc(-c3ccsc3)cc12. The molecule has 33 heavy (non-hydrogen) atoms. The van der Waals surface area contributed by atoms with E-state index in [0.717, 1.165) is 27.6 Å². The normalized spacial score (nSPS) is 10.7. The lowest BCUT2D eigenvalue weighted by Crippen LogP contribution is -2.11. The van der Waals surface area contributed by atoms with Crippen molar-refractivity contribution in [3.05, 3.63) is 87.2 Å². The van der Waals surface area contributed by atoms with Gasteiger partial charge in [-0.25, -0.2) is 4.98 Å². The second-order valence-corrected chi connectivity index (χ2v) is 8.06. The summed E-state index contributed by atoms with van der Waals surface area (Å²) in [6.45, 7) is 0.451. The van der Waals surface area contributed by atoms with Gasteiger partial charge >= 0.3 is 0 Å². The van der Waals surface area contributed by atoms with Crippen LogP contribution in [0.25, 0.3) is 32.8 Å². The van der Waals surface area contributed by atoms with Crippen molar-refractivity contribution in [3.63, 3.8) is 0 Å². The lowest BCUT2D eigenvalue weighted by Gasteiger charge is -2.13. The smallest absolute Gasteiger partial charge is 0.293 e. The number of nitrogens with one attached hydrogen (secondary N) is 2. The molecular formula is C25H17N5O2S. The summed E-state index contributed by atoms with van der Waals surface area (Å²) in [4.78, 5) is 35.9. The Bertz CT molecular complexity index is 1610. The zero-order chi connectivity index (χ0) is 22.8. The second kappa shape index (κ2) is 8.57. The molecule has 0 radical (unpaired) electrons. The minimum absolute atomic E-state index is 0.286. The van der Waals surface area contributed by atoms with Gasteiger partial charge in [0.15, 0.2) is 0 Å². The minimum Gasteiger partial charge on any atom is -0.364 e. The largest absolute Gasteiger partial charge is 0.364 e. The van der Waals surface area contributed by atoms with Gasteiger partial charge in [-0.1, -0.05) is 24.1 Å². The molecule has 5 aromatic rings. The molecular weight excluding hydrogens is 434 g/mol. The maximum Gasteiger partial charge on any atom is 0.293 e. The fourth-order valence-corrected chi connectivity index (χ4v) is 4.33. The van der Waals surface area contributed by atoms with Gasteiger partial charge in [0.25, 0.3) is 11.5 Å². The number of thiophene rings is 1. The van der Waals surface area contributed by atoms with Crippen molar-refractivity contribution >= 4 is 44.7 Å². The molecule has 0 bridgehead atoms. The summed E-state index contributed by atoms with van der Waals surface area (Å²) in [5, 5.41) is 9.33. The van der Waals surface area contributed by atoms with Crippen LogP contribution < -0.4 is 16.6 Å². The number of H-pyrrole nitrogens is 1. The van der Waals surface area contributed by atoms with Crippen molar-refractivity contribution < 1.29 is 4.79 Å². The van der Waals surface area contributed by atoms with Crippen molar-refractivity contribution in [2.24, 2.45) is 5.73 Å². The number of nitrogens with two attached hydrogens (primary N) is 1. The fraction of sp³-hybridized carbons (Fsp3) is 0.0400. The van der Waals surface area contributed by atoms with E-state index in [1.54, 1.807) is 17.5 Å². The maximum atomic E-state index is 12.9. The Morgan fingerprint density at radius 3 is 2.82 bits per heavy atom. The quantitative estimate of drug-likeness (QED) is 0.285. The number of hydrogen-bond donors (Lipinski definition) is 3. The van der Waals surface area contributed by atoms with E-state index in [4.69, 9.17) is 10.7 Å². The zero-order valence-electron chi connectivity index (χ0n) is 17.3. The average Bonchev–Trinajstić information content (AvgIpc) is 3.37. The average molecular weight is 452 g/mol. The van der Waals surface area contributed by atoms with Crippen molar-refractivity contribution in [1.29, 1.82) is 0 Å². The van der Waals surface area contributed by atoms with Crippen LogP contribution in [-0.2, 0) is 11.3 Å². The molecule has 0 saturated carbocycles. The summed E-state index contributed by atoms with van der Waals surface area (Å²) in [7, 11) is 0. The highest BCUT2D eigenvalue weighted by atomic mass is 32.1. The first-order chi connectivity index (χ1) is 16.1. The third-order valence-electron chi connectivity index (χ3n) is 5.17. The number of aromatic nitrogens is 3. The van der Waals surface area contributed by atoms with E-state index in [1.165, 1.54) is 6.20 Å². The van der Waals surface area contributed by atoms with Gasteiger partial charge in [-0.15, -0.1) is 0 Å². The van der Waals surface area contributed by atoms with Crippen LogP contribution in [0.5, 0.6) is 0 Å². The van der Waals surface area contributed by atoms with Crippen LogP contribution in [0, 0.1) is 11.8 Å². The summed E-state index contributed by atoms with van der Waals surface area (Å²) in [5.41, 5.74) is 8.62. The third kappa shape index (κ3) is 4.05. The van der Waals surface area contributed by atoms with E-state index in [2.05, 4.69) is 32.5 Å². The Morgan fingerprint density at radius 2 is 2.06 bits per heavy atom. The molecule has 0 aliphatic carbocycles.